The molecule has 2 aromatic heterocycles. The van der Waals surface area contributed by atoms with Gasteiger partial charge in [0.05, 0.1) is 29.6 Å². The number of aromatic nitrogens is 3. The highest BCUT2D eigenvalue weighted by atomic mass is 32.2. The third kappa shape index (κ3) is 4.67. The third-order valence-corrected chi connectivity index (χ3v) is 6.99. The van der Waals surface area contributed by atoms with Crippen molar-refractivity contribution in [3.63, 3.8) is 0 Å². The van der Waals surface area contributed by atoms with Crippen molar-refractivity contribution < 1.29 is 17.2 Å². The maximum atomic E-state index is 12.4. The molecule has 31 heavy (non-hydrogen) atoms. The SMILES string of the molecule is CS(=O)(=O)N1CC2(CCCN(c3ccnc(-c4cnc(/C=C\C(=N)C(F)F)[nH]4)c3)C2)C1. The molecule has 0 radical (unpaired) electrons. The summed E-state index contributed by atoms with van der Waals surface area (Å²) in [6.45, 7) is 2.79. The van der Waals surface area contributed by atoms with Crippen LogP contribution in [0.4, 0.5) is 14.5 Å². The number of nitrogens with zero attached hydrogens (tertiary/aromatic N) is 4. The highest BCUT2D eigenvalue weighted by Gasteiger charge is 2.48. The van der Waals surface area contributed by atoms with E-state index >= 15 is 0 Å². The zero-order chi connectivity index (χ0) is 22.2. The molecule has 0 unspecified atom stereocenters. The summed E-state index contributed by atoms with van der Waals surface area (Å²) in [5.41, 5.74) is 1.52. The Bertz CT molecular complexity index is 1110. The number of piperidine rings is 1. The Hall–Kier alpha value is -2.66. The number of pyridine rings is 1. The molecule has 0 amide bonds. The number of hydrogen-bond donors (Lipinski definition) is 2. The van der Waals surface area contributed by atoms with Gasteiger partial charge in [0.2, 0.25) is 10.0 Å². The summed E-state index contributed by atoms with van der Waals surface area (Å²) < 4.78 is 49.9. The van der Waals surface area contributed by atoms with Gasteiger partial charge in [-0.25, -0.2) is 26.5 Å². The van der Waals surface area contributed by atoms with Crippen LogP contribution in [0.15, 0.2) is 30.6 Å². The number of sulfonamides is 1. The summed E-state index contributed by atoms with van der Waals surface area (Å²) >= 11 is 0. The maximum absolute atomic E-state index is 12.4. The first kappa shape index (κ1) is 21.6. The normalized spacial score (nSPS) is 19.3. The van der Waals surface area contributed by atoms with E-state index in [0.717, 1.165) is 37.7 Å². The van der Waals surface area contributed by atoms with Gasteiger partial charge in [0.25, 0.3) is 6.43 Å². The minimum Gasteiger partial charge on any atom is -0.371 e. The standard InChI is InChI=1S/C20H24F2N6O2S/c1-31(29,30)28-12-20(13-28)6-2-8-27(11-20)14-5-7-24-16(9-14)17-10-25-18(26-17)4-3-15(23)19(21)22/h3-5,7,9-10,19,23H,2,6,8,11-13H2,1H3,(H,25,26)/b4-3-,23-15?. The summed E-state index contributed by atoms with van der Waals surface area (Å²) in [5, 5.41) is 7.17. The number of nitrogens with one attached hydrogen (secondary N) is 2. The number of imidazole rings is 1. The van der Waals surface area contributed by atoms with Gasteiger partial charge in [0.1, 0.15) is 5.82 Å². The summed E-state index contributed by atoms with van der Waals surface area (Å²) in [6.07, 6.45) is 6.06. The first-order valence-corrected chi connectivity index (χ1v) is 11.8. The first-order chi connectivity index (χ1) is 14.7. The molecule has 2 N–H and O–H groups in total. The Kier molecular flexibility index (Phi) is 5.65. The number of rotatable bonds is 6. The lowest BCUT2D eigenvalue weighted by molar-refractivity contribution is 0.0542. The molecule has 2 aliphatic rings. The van der Waals surface area contributed by atoms with Crippen molar-refractivity contribution in [2.24, 2.45) is 5.41 Å². The zero-order valence-corrected chi connectivity index (χ0v) is 17.9. The van der Waals surface area contributed by atoms with E-state index in [1.54, 1.807) is 12.4 Å². The number of anilines is 1. The molecule has 0 saturated carbocycles. The number of aromatic amines is 1. The minimum absolute atomic E-state index is 0.00805. The average molecular weight is 451 g/mol. The summed E-state index contributed by atoms with van der Waals surface area (Å²) in [5.74, 6) is 0.361. The molecule has 4 heterocycles. The van der Waals surface area contributed by atoms with Crippen LogP contribution in [0.2, 0.25) is 0 Å². The van der Waals surface area contributed by atoms with E-state index in [9.17, 15) is 17.2 Å². The Balaban J connectivity index is 1.47. The van der Waals surface area contributed by atoms with Crippen molar-refractivity contribution in [2.75, 3.05) is 37.3 Å². The molecule has 0 atom stereocenters. The van der Waals surface area contributed by atoms with Crippen LogP contribution in [-0.2, 0) is 10.0 Å². The van der Waals surface area contributed by atoms with E-state index < -0.39 is 22.2 Å². The summed E-state index contributed by atoms with van der Waals surface area (Å²) in [4.78, 5) is 13.8. The van der Waals surface area contributed by atoms with E-state index in [-0.39, 0.29) is 5.41 Å². The minimum atomic E-state index is -3.15. The molecule has 4 rings (SSSR count). The van der Waals surface area contributed by atoms with Crippen molar-refractivity contribution in [3.05, 3.63) is 36.4 Å². The predicted molar refractivity (Wildman–Crippen MR) is 115 cm³/mol. The van der Waals surface area contributed by atoms with Crippen molar-refractivity contribution in [3.8, 4) is 11.4 Å². The van der Waals surface area contributed by atoms with Crippen molar-refractivity contribution in [2.45, 2.75) is 19.3 Å². The van der Waals surface area contributed by atoms with Gasteiger partial charge in [-0.2, -0.15) is 0 Å². The second-order valence-corrected chi connectivity index (χ2v) is 10.2. The zero-order valence-electron chi connectivity index (χ0n) is 17.1. The number of alkyl halides is 2. The number of hydrogen-bond acceptors (Lipinski definition) is 6. The number of allylic oxidation sites excluding steroid dienone is 1. The van der Waals surface area contributed by atoms with Crippen molar-refractivity contribution in [1.82, 2.24) is 19.3 Å². The average Bonchev–Trinajstić information content (AvgIpc) is 3.18. The number of H-pyrrole nitrogens is 1. The largest absolute Gasteiger partial charge is 0.371 e. The first-order valence-electron chi connectivity index (χ1n) is 9.91. The van der Waals surface area contributed by atoms with Crippen molar-refractivity contribution >= 4 is 27.5 Å². The molecule has 0 aliphatic carbocycles. The molecular formula is C20H24F2N6O2S. The smallest absolute Gasteiger partial charge is 0.279 e. The van der Waals surface area contributed by atoms with Gasteiger partial charge in [-0.05, 0) is 37.1 Å². The molecule has 1 spiro atoms. The third-order valence-electron chi connectivity index (χ3n) is 5.79. The molecule has 0 bridgehead atoms. The molecule has 8 nitrogen and oxygen atoms in total. The summed E-state index contributed by atoms with van der Waals surface area (Å²) in [6, 6.07) is 3.87. The van der Waals surface area contributed by atoms with Crippen LogP contribution in [0.25, 0.3) is 17.5 Å². The molecule has 166 valence electrons. The van der Waals surface area contributed by atoms with Gasteiger partial charge in [0, 0.05) is 43.5 Å². The number of halogens is 2. The lowest BCUT2D eigenvalue weighted by Gasteiger charge is -2.54. The van der Waals surface area contributed by atoms with Crippen LogP contribution in [0.1, 0.15) is 18.7 Å². The van der Waals surface area contributed by atoms with Crippen LogP contribution in [0.3, 0.4) is 0 Å². The van der Waals surface area contributed by atoms with E-state index in [0.29, 0.717) is 30.3 Å². The second kappa shape index (κ2) is 8.12. The van der Waals surface area contributed by atoms with Crippen LogP contribution < -0.4 is 4.90 Å². The Morgan fingerprint density at radius 1 is 1.32 bits per heavy atom. The summed E-state index contributed by atoms with van der Waals surface area (Å²) in [7, 11) is -3.15. The van der Waals surface area contributed by atoms with Crippen molar-refractivity contribution in [1.29, 1.82) is 5.41 Å². The lowest BCUT2D eigenvalue weighted by Crippen LogP contribution is -2.64. The molecule has 2 saturated heterocycles. The Morgan fingerprint density at radius 2 is 2.10 bits per heavy atom. The molecule has 2 fully saturated rings. The van der Waals surface area contributed by atoms with Gasteiger partial charge in [-0.15, -0.1) is 0 Å². The van der Waals surface area contributed by atoms with Crippen LogP contribution in [0.5, 0.6) is 0 Å². The fourth-order valence-corrected chi connectivity index (χ4v) is 5.20. The van der Waals surface area contributed by atoms with Gasteiger partial charge in [-0.1, -0.05) is 0 Å². The Morgan fingerprint density at radius 3 is 2.81 bits per heavy atom. The predicted octanol–water partition coefficient (Wildman–Crippen LogP) is 2.63. The Labute approximate surface area is 179 Å². The van der Waals surface area contributed by atoms with E-state index in [1.807, 2.05) is 12.1 Å². The second-order valence-electron chi connectivity index (χ2n) is 8.23. The van der Waals surface area contributed by atoms with Gasteiger partial charge in [0.15, 0.2) is 0 Å². The fourth-order valence-electron chi connectivity index (χ4n) is 4.18. The molecular weight excluding hydrogens is 426 g/mol. The van der Waals surface area contributed by atoms with Crippen LogP contribution in [0, 0.1) is 10.8 Å². The van der Waals surface area contributed by atoms with E-state index in [2.05, 4.69) is 19.9 Å². The van der Waals surface area contributed by atoms with Gasteiger partial charge >= 0.3 is 0 Å². The quantitative estimate of drug-likeness (QED) is 0.658. The fraction of sp³-hybridized carbons (Fsp3) is 0.450. The monoisotopic (exact) mass is 450 g/mol. The highest BCUT2D eigenvalue weighted by Crippen LogP contribution is 2.41. The van der Waals surface area contributed by atoms with E-state index in [4.69, 9.17) is 5.41 Å². The van der Waals surface area contributed by atoms with Crippen LogP contribution >= 0.6 is 0 Å². The molecule has 0 aromatic carbocycles. The van der Waals surface area contributed by atoms with Gasteiger partial charge < -0.3 is 9.88 Å². The van der Waals surface area contributed by atoms with Gasteiger partial charge in [-0.3, -0.25) is 10.4 Å². The molecule has 2 aromatic rings. The van der Waals surface area contributed by atoms with E-state index in [1.165, 1.54) is 16.6 Å². The lowest BCUT2D eigenvalue weighted by atomic mass is 9.74. The van der Waals surface area contributed by atoms with Crippen LogP contribution in [-0.4, -0.2) is 72.2 Å². The topological polar surface area (TPSA) is 106 Å². The molecule has 2 aliphatic heterocycles. The highest BCUT2D eigenvalue weighted by molar-refractivity contribution is 7.88. The molecule has 11 heteroatoms. The maximum Gasteiger partial charge on any atom is 0.279 e.